The van der Waals surface area contributed by atoms with E-state index in [4.69, 9.17) is 4.74 Å². The summed E-state index contributed by atoms with van der Waals surface area (Å²) in [5.74, 6) is -0.910. The number of ether oxygens (including phenoxy) is 1. The third kappa shape index (κ3) is 2.82. The Morgan fingerprint density at radius 1 is 1.26 bits per heavy atom. The minimum absolute atomic E-state index is 0.00685. The van der Waals surface area contributed by atoms with Crippen LogP contribution in [0.5, 0.6) is 11.5 Å². The predicted octanol–water partition coefficient (Wildman–Crippen LogP) is 2.79. The molecule has 0 saturated heterocycles. The molecule has 98 valence electrons. The number of para-hydroxylation sites is 1. The summed E-state index contributed by atoms with van der Waals surface area (Å²) in [6.07, 6.45) is 0. The van der Waals surface area contributed by atoms with E-state index >= 15 is 0 Å². The van der Waals surface area contributed by atoms with Crippen LogP contribution in [0.4, 0.5) is 10.1 Å². The van der Waals surface area contributed by atoms with Gasteiger partial charge in [0.15, 0.2) is 0 Å². The molecule has 0 bridgehead atoms. The van der Waals surface area contributed by atoms with Crippen LogP contribution in [0.2, 0.25) is 0 Å². The molecule has 0 heterocycles. The Balaban J connectivity index is 2.26. The van der Waals surface area contributed by atoms with E-state index in [1.165, 1.54) is 37.4 Å². The molecule has 0 spiro atoms. The number of carbonyl (C=O) groups excluding carboxylic acids is 1. The lowest BCUT2D eigenvalue weighted by Gasteiger charge is -2.09. The van der Waals surface area contributed by atoms with Gasteiger partial charge in [0.2, 0.25) is 0 Å². The summed E-state index contributed by atoms with van der Waals surface area (Å²) in [6.45, 7) is 0. The van der Waals surface area contributed by atoms with Crippen LogP contribution in [0.1, 0.15) is 10.4 Å². The quantitative estimate of drug-likeness (QED) is 0.893. The minimum atomic E-state index is -0.592. The first-order valence-corrected chi connectivity index (χ1v) is 5.54. The van der Waals surface area contributed by atoms with Gasteiger partial charge < -0.3 is 15.2 Å². The number of halogens is 1. The molecule has 2 aromatic carbocycles. The van der Waals surface area contributed by atoms with Crippen LogP contribution in [0, 0.1) is 5.82 Å². The average molecular weight is 261 g/mol. The standard InChI is InChI=1S/C14H12FNO3/c1-19-9-6-7-11(15)12(8-9)16-14(18)10-4-2-3-5-13(10)17/h2-8,17H,1H3,(H,16,18). The highest BCUT2D eigenvalue weighted by atomic mass is 19.1. The molecule has 0 atom stereocenters. The fourth-order valence-corrected chi connectivity index (χ4v) is 1.58. The second-order valence-corrected chi connectivity index (χ2v) is 3.82. The van der Waals surface area contributed by atoms with Gasteiger partial charge >= 0.3 is 0 Å². The van der Waals surface area contributed by atoms with Crippen molar-refractivity contribution in [2.45, 2.75) is 0 Å². The summed E-state index contributed by atoms with van der Waals surface area (Å²) in [5.41, 5.74) is 0.0670. The van der Waals surface area contributed by atoms with Crippen molar-refractivity contribution in [1.82, 2.24) is 0 Å². The Labute approximate surface area is 109 Å². The van der Waals surface area contributed by atoms with Gasteiger partial charge in [-0.3, -0.25) is 4.79 Å². The number of hydrogen-bond acceptors (Lipinski definition) is 3. The highest BCUT2D eigenvalue weighted by Gasteiger charge is 2.13. The molecule has 0 aliphatic heterocycles. The lowest BCUT2D eigenvalue weighted by Crippen LogP contribution is -2.13. The van der Waals surface area contributed by atoms with E-state index in [0.29, 0.717) is 5.75 Å². The lowest BCUT2D eigenvalue weighted by atomic mass is 10.2. The summed E-state index contributed by atoms with van der Waals surface area (Å²) < 4.78 is 18.5. The summed E-state index contributed by atoms with van der Waals surface area (Å²) in [7, 11) is 1.45. The van der Waals surface area contributed by atoms with Gasteiger partial charge in [-0.1, -0.05) is 12.1 Å². The molecule has 1 amide bonds. The second kappa shape index (κ2) is 5.39. The van der Waals surface area contributed by atoms with Gasteiger partial charge in [-0.25, -0.2) is 4.39 Å². The third-order valence-corrected chi connectivity index (χ3v) is 2.57. The second-order valence-electron chi connectivity index (χ2n) is 3.82. The van der Waals surface area contributed by atoms with Crippen molar-refractivity contribution in [3.8, 4) is 11.5 Å². The average Bonchev–Trinajstić information content (AvgIpc) is 2.41. The maximum atomic E-state index is 13.5. The number of rotatable bonds is 3. The summed E-state index contributed by atoms with van der Waals surface area (Å²) >= 11 is 0. The molecule has 0 unspecified atom stereocenters. The number of hydrogen-bond donors (Lipinski definition) is 2. The maximum absolute atomic E-state index is 13.5. The van der Waals surface area contributed by atoms with Crippen LogP contribution in [-0.2, 0) is 0 Å². The van der Waals surface area contributed by atoms with Crippen molar-refractivity contribution < 1.29 is 19.0 Å². The molecule has 2 aromatic rings. The molecule has 0 radical (unpaired) electrons. The van der Waals surface area contributed by atoms with Crippen molar-refractivity contribution in [3.05, 3.63) is 53.8 Å². The first kappa shape index (κ1) is 12.9. The van der Waals surface area contributed by atoms with E-state index in [9.17, 15) is 14.3 Å². The monoisotopic (exact) mass is 261 g/mol. The van der Waals surface area contributed by atoms with Gasteiger partial charge in [0.25, 0.3) is 5.91 Å². The van der Waals surface area contributed by atoms with Crippen LogP contribution < -0.4 is 10.1 Å². The van der Waals surface area contributed by atoms with Gasteiger partial charge in [-0.15, -0.1) is 0 Å². The lowest BCUT2D eigenvalue weighted by molar-refractivity contribution is 0.102. The smallest absolute Gasteiger partial charge is 0.259 e. The van der Waals surface area contributed by atoms with E-state index in [-0.39, 0.29) is 17.0 Å². The number of benzene rings is 2. The van der Waals surface area contributed by atoms with Gasteiger partial charge in [-0.05, 0) is 24.3 Å². The topological polar surface area (TPSA) is 58.6 Å². The maximum Gasteiger partial charge on any atom is 0.259 e. The molecular weight excluding hydrogens is 249 g/mol. The number of phenolic OH excluding ortho intramolecular Hbond substituents is 1. The molecule has 4 nitrogen and oxygen atoms in total. The first-order chi connectivity index (χ1) is 9.11. The SMILES string of the molecule is COc1ccc(F)c(NC(=O)c2ccccc2O)c1. The van der Waals surface area contributed by atoms with Crippen LogP contribution in [-0.4, -0.2) is 18.1 Å². The Morgan fingerprint density at radius 3 is 2.68 bits per heavy atom. The van der Waals surface area contributed by atoms with E-state index in [1.807, 2.05) is 0 Å². The molecule has 2 N–H and O–H groups in total. The Bertz CT molecular complexity index is 613. The van der Waals surface area contributed by atoms with Crippen molar-refractivity contribution in [2.75, 3.05) is 12.4 Å². The van der Waals surface area contributed by atoms with E-state index in [2.05, 4.69) is 5.32 Å². The third-order valence-electron chi connectivity index (χ3n) is 2.57. The molecular formula is C14H12FNO3. The van der Waals surface area contributed by atoms with Crippen LogP contribution in [0.3, 0.4) is 0 Å². The molecule has 0 fully saturated rings. The van der Waals surface area contributed by atoms with E-state index in [1.54, 1.807) is 12.1 Å². The van der Waals surface area contributed by atoms with Gasteiger partial charge in [0.1, 0.15) is 17.3 Å². The van der Waals surface area contributed by atoms with Crippen LogP contribution in [0.15, 0.2) is 42.5 Å². The normalized spacial score (nSPS) is 10.0. The van der Waals surface area contributed by atoms with Gasteiger partial charge in [0.05, 0.1) is 18.4 Å². The van der Waals surface area contributed by atoms with Crippen molar-refractivity contribution in [3.63, 3.8) is 0 Å². The number of anilines is 1. The highest BCUT2D eigenvalue weighted by Crippen LogP contribution is 2.23. The van der Waals surface area contributed by atoms with Gasteiger partial charge in [0, 0.05) is 6.07 Å². The van der Waals surface area contributed by atoms with E-state index in [0.717, 1.165) is 0 Å². The number of aromatic hydroxyl groups is 1. The Kier molecular flexibility index (Phi) is 3.66. The molecule has 2 rings (SSSR count). The number of phenols is 1. The fourth-order valence-electron chi connectivity index (χ4n) is 1.58. The van der Waals surface area contributed by atoms with Crippen LogP contribution >= 0.6 is 0 Å². The number of methoxy groups -OCH3 is 1. The molecule has 19 heavy (non-hydrogen) atoms. The largest absolute Gasteiger partial charge is 0.507 e. The molecule has 5 heteroatoms. The number of carbonyl (C=O) groups is 1. The summed E-state index contributed by atoms with van der Waals surface area (Å²) in [4.78, 5) is 11.9. The zero-order valence-corrected chi connectivity index (χ0v) is 10.2. The molecule has 0 saturated carbocycles. The van der Waals surface area contributed by atoms with E-state index < -0.39 is 11.7 Å². The Morgan fingerprint density at radius 2 is 2.00 bits per heavy atom. The molecule has 0 aromatic heterocycles. The first-order valence-electron chi connectivity index (χ1n) is 5.54. The zero-order chi connectivity index (χ0) is 13.8. The number of nitrogens with one attached hydrogen (secondary N) is 1. The van der Waals surface area contributed by atoms with Crippen LogP contribution in [0.25, 0.3) is 0 Å². The highest BCUT2D eigenvalue weighted by molar-refractivity contribution is 6.06. The summed E-state index contributed by atoms with van der Waals surface area (Å²) in [5, 5.41) is 11.9. The van der Waals surface area contributed by atoms with Crippen molar-refractivity contribution >= 4 is 11.6 Å². The van der Waals surface area contributed by atoms with Crippen molar-refractivity contribution in [2.24, 2.45) is 0 Å². The van der Waals surface area contributed by atoms with Crippen molar-refractivity contribution in [1.29, 1.82) is 0 Å². The number of amides is 1. The van der Waals surface area contributed by atoms with Gasteiger partial charge in [-0.2, -0.15) is 0 Å². The molecule has 0 aliphatic carbocycles. The predicted molar refractivity (Wildman–Crippen MR) is 69.0 cm³/mol. The minimum Gasteiger partial charge on any atom is -0.507 e. The Hall–Kier alpha value is -2.56. The fraction of sp³-hybridized carbons (Fsp3) is 0.0714. The summed E-state index contributed by atoms with van der Waals surface area (Å²) in [6, 6.07) is 10.0. The molecule has 0 aliphatic rings. The zero-order valence-electron chi connectivity index (χ0n) is 10.2.